The summed E-state index contributed by atoms with van der Waals surface area (Å²) in [6.07, 6.45) is -2.80. The maximum absolute atomic E-state index is 12.6. The Morgan fingerprint density at radius 2 is 1.55 bits per heavy atom. The maximum Gasteiger partial charge on any atom is 0.330 e. The minimum atomic E-state index is -1.19. The number of hydrogen-bond donors (Lipinski definition) is 2. The van der Waals surface area contributed by atoms with Gasteiger partial charge in [0.15, 0.2) is 6.23 Å². The molecule has 4 aromatic rings. The lowest BCUT2D eigenvalue weighted by Gasteiger charge is -2.37. The van der Waals surface area contributed by atoms with E-state index in [4.69, 9.17) is 23.7 Å². The molecule has 2 heterocycles. The van der Waals surface area contributed by atoms with Crippen LogP contribution < -0.4 is 16.0 Å². The van der Waals surface area contributed by atoms with Crippen LogP contribution >= 0.6 is 0 Å². The highest BCUT2D eigenvalue weighted by Crippen LogP contribution is 2.42. The smallest absolute Gasteiger partial charge is 0.330 e. The van der Waals surface area contributed by atoms with E-state index in [0.717, 1.165) is 22.3 Å². The molecule has 1 aliphatic rings. The summed E-state index contributed by atoms with van der Waals surface area (Å²) >= 11 is 0. The zero-order chi connectivity index (χ0) is 29.7. The van der Waals surface area contributed by atoms with E-state index < -0.39 is 41.4 Å². The molecule has 5 rings (SSSR count). The molecule has 5 atom stereocenters. The first-order valence-corrected chi connectivity index (χ1v) is 13.5. The molecule has 10 nitrogen and oxygen atoms in total. The fourth-order valence-electron chi connectivity index (χ4n) is 5.28. The number of nitrogens with zero attached hydrogens (tertiary/aromatic N) is 1. The van der Waals surface area contributed by atoms with Gasteiger partial charge in [-0.1, -0.05) is 72.3 Å². The molecule has 10 heteroatoms. The summed E-state index contributed by atoms with van der Waals surface area (Å²) in [5.41, 5.74) is 1.34. The van der Waals surface area contributed by atoms with Gasteiger partial charge in [-0.25, -0.2) is 4.79 Å². The third-order valence-electron chi connectivity index (χ3n) is 7.42. The monoisotopic (exact) mass is 574 g/mol. The molecule has 42 heavy (non-hydrogen) atoms. The summed E-state index contributed by atoms with van der Waals surface area (Å²) in [5, 5.41) is 11.4. The Morgan fingerprint density at radius 1 is 0.905 bits per heavy atom. The van der Waals surface area contributed by atoms with E-state index in [0.29, 0.717) is 5.75 Å². The average Bonchev–Trinajstić information content (AvgIpc) is 3.32. The van der Waals surface area contributed by atoms with Gasteiger partial charge in [-0.15, -0.1) is 0 Å². The normalized spacial score (nSPS) is 21.6. The third-order valence-corrected chi connectivity index (χ3v) is 7.42. The molecular formula is C32H34N2O8. The number of ether oxygens (including phenoxy) is 5. The first-order valence-electron chi connectivity index (χ1n) is 13.5. The number of aromatic amines is 1. The van der Waals surface area contributed by atoms with Crippen molar-refractivity contribution in [1.82, 2.24) is 9.55 Å². The van der Waals surface area contributed by atoms with Gasteiger partial charge in [-0.05, 0) is 35.7 Å². The summed E-state index contributed by atoms with van der Waals surface area (Å²) in [7, 11) is 3.07. The molecule has 0 amide bonds. The number of aliphatic hydroxyl groups excluding tert-OH is 1. The van der Waals surface area contributed by atoms with Gasteiger partial charge in [0.25, 0.3) is 5.56 Å². The number of H-pyrrole nitrogens is 1. The number of aliphatic hydroxyl groups is 1. The SMILES string of the molecule is COCOC1C(O)C(COC(c2ccccc2)(c2ccc(C)cc2)c2ccc(OC)cc2)OC1n1ccc(=O)[nH]c1=O. The number of aryl methyl sites for hydroxylation is 1. The van der Waals surface area contributed by atoms with Crippen molar-refractivity contribution in [2.45, 2.75) is 37.1 Å². The molecule has 1 aliphatic heterocycles. The molecule has 0 spiro atoms. The van der Waals surface area contributed by atoms with Gasteiger partial charge in [0.05, 0.1) is 13.7 Å². The van der Waals surface area contributed by atoms with Gasteiger partial charge in [-0.3, -0.25) is 14.3 Å². The lowest BCUT2D eigenvalue weighted by molar-refractivity contribution is -0.130. The summed E-state index contributed by atoms with van der Waals surface area (Å²) < 4.78 is 30.5. The van der Waals surface area contributed by atoms with E-state index in [1.54, 1.807) is 7.11 Å². The molecule has 2 N–H and O–H groups in total. The zero-order valence-electron chi connectivity index (χ0n) is 23.6. The highest BCUT2D eigenvalue weighted by molar-refractivity contribution is 5.49. The quantitative estimate of drug-likeness (QED) is 0.207. The van der Waals surface area contributed by atoms with Crippen molar-refractivity contribution in [1.29, 1.82) is 0 Å². The number of nitrogens with one attached hydrogen (secondary N) is 1. The molecule has 0 saturated carbocycles. The first-order chi connectivity index (χ1) is 20.4. The Morgan fingerprint density at radius 3 is 2.17 bits per heavy atom. The molecule has 0 bridgehead atoms. The van der Waals surface area contributed by atoms with Crippen molar-refractivity contribution in [3.05, 3.63) is 134 Å². The van der Waals surface area contributed by atoms with Crippen molar-refractivity contribution in [2.24, 2.45) is 0 Å². The van der Waals surface area contributed by atoms with E-state index in [1.165, 1.54) is 23.9 Å². The van der Waals surface area contributed by atoms with Gasteiger partial charge in [0, 0.05) is 19.4 Å². The largest absolute Gasteiger partial charge is 0.497 e. The molecule has 1 fully saturated rings. The summed E-state index contributed by atoms with van der Waals surface area (Å²) in [6, 6.07) is 26.7. The van der Waals surface area contributed by atoms with E-state index >= 15 is 0 Å². The van der Waals surface area contributed by atoms with Crippen molar-refractivity contribution >= 4 is 0 Å². The molecule has 220 valence electrons. The standard InChI is InChI=1S/C32H34N2O8/c1-21-9-11-23(12-10-21)32(22-7-5-4-6-8-22,24-13-15-25(39-3)16-14-24)41-19-26-28(36)29(40-20-38-2)30(42-26)34-18-17-27(35)33-31(34)37/h4-18,26,28-30,36H,19-20H2,1-3H3,(H,33,35,37). The molecule has 0 radical (unpaired) electrons. The van der Waals surface area contributed by atoms with Crippen molar-refractivity contribution in [2.75, 3.05) is 27.6 Å². The third kappa shape index (κ3) is 5.80. The summed E-state index contributed by atoms with van der Waals surface area (Å²) in [6.45, 7) is 1.80. The van der Waals surface area contributed by atoms with Crippen LogP contribution in [0.2, 0.25) is 0 Å². The molecule has 0 aliphatic carbocycles. The Bertz CT molecular complexity index is 1570. The molecule has 1 saturated heterocycles. The minimum absolute atomic E-state index is 0.0720. The Hall–Kier alpha value is -4.06. The lowest BCUT2D eigenvalue weighted by atomic mass is 9.79. The predicted octanol–water partition coefficient (Wildman–Crippen LogP) is 3.11. The number of methoxy groups -OCH3 is 2. The molecular weight excluding hydrogens is 540 g/mol. The van der Waals surface area contributed by atoms with Crippen molar-refractivity contribution in [3.63, 3.8) is 0 Å². The molecule has 5 unspecified atom stereocenters. The van der Waals surface area contributed by atoms with Crippen LogP contribution in [0.1, 0.15) is 28.5 Å². The Balaban J connectivity index is 1.56. The van der Waals surface area contributed by atoms with E-state index in [-0.39, 0.29) is 13.4 Å². The fourth-order valence-corrected chi connectivity index (χ4v) is 5.28. The molecule has 3 aromatic carbocycles. The Labute approximate surface area is 243 Å². The van der Waals surface area contributed by atoms with Gasteiger partial charge >= 0.3 is 5.69 Å². The molecule has 1 aromatic heterocycles. The van der Waals surface area contributed by atoms with Crippen LogP contribution in [0.25, 0.3) is 0 Å². The first kappa shape index (κ1) is 29.4. The summed E-state index contributed by atoms with van der Waals surface area (Å²) in [5.74, 6) is 0.700. The zero-order valence-corrected chi connectivity index (χ0v) is 23.6. The number of aromatic nitrogens is 2. The topological polar surface area (TPSA) is 121 Å². The van der Waals surface area contributed by atoms with Gasteiger partial charge in [0.2, 0.25) is 0 Å². The Kier molecular flexibility index (Phi) is 9.00. The van der Waals surface area contributed by atoms with Crippen molar-refractivity contribution < 1.29 is 28.8 Å². The second kappa shape index (κ2) is 12.8. The van der Waals surface area contributed by atoms with E-state index in [2.05, 4.69) is 4.98 Å². The highest BCUT2D eigenvalue weighted by Gasteiger charge is 2.48. The van der Waals surface area contributed by atoms with Crippen LogP contribution in [0.5, 0.6) is 5.75 Å². The van der Waals surface area contributed by atoms with Gasteiger partial charge in [0.1, 0.15) is 36.5 Å². The minimum Gasteiger partial charge on any atom is -0.497 e. The lowest BCUT2D eigenvalue weighted by Crippen LogP contribution is -2.41. The van der Waals surface area contributed by atoms with Crippen LogP contribution in [-0.2, 0) is 24.5 Å². The van der Waals surface area contributed by atoms with Gasteiger partial charge in [-0.2, -0.15) is 0 Å². The average molecular weight is 575 g/mol. The van der Waals surface area contributed by atoms with Crippen LogP contribution in [0.3, 0.4) is 0 Å². The van der Waals surface area contributed by atoms with Crippen LogP contribution in [0.15, 0.2) is 101 Å². The number of benzene rings is 3. The number of rotatable bonds is 11. The van der Waals surface area contributed by atoms with Gasteiger partial charge < -0.3 is 28.8 Å². The highest BCUT2D eigenvalue weighted by atomic mass is 16.7. The second-order valence-corrected chi connectivity index (χ2v) is 10.1. The predicted molar refractivity (Wildman–Crippen MR) is 154 cm³/mol. The van der Waals surface area contributed by atoms with Crippen LogP contribution in [-0.4, -0.2) is 60.6 Å². The van der Waals surface area contributed by atoms with Crippen LogP contribution in [0, 0.1) is 6.92 Å². The maximum atomic E-state index is 12.6. The summed E-state index contributed by atoms with van der Waals surface area (Å²) in [4.78, 5) is 26.5. The second-order valence-electron chi connectivity index (χ2n) is 10.1. The van der Waals surface area contributed by atoms with E-state index in [9.17, 15) is 14.7 Å². The fraction of sp³-hybridized carbons (Fsp3) is 0.312. The number of hydrogen-bond acceptors (Lipinski definition) is 8. The van der Waals surface area contributed by atoms with E-state index in [1.807, 2.05) is 85.8 Å². The van der Waals surface area contributed by atoms with Crippen molar-refractivity contribution in [3.8, 4) is 5.75 Å². The van der Waals surface area contributed by atoms with Crippen LogP contribution in [0.4, 0.5) is 0 Å².